The number of benzene rings is 2. The summed E-state index contributed by atoms with van der Waals surface area (Å²) in [6.07, 6.45) is 1.35. The molecule has 0 unspecified atom stereocenters. The van der Waals surface area contributed by atoms with Gasteiger partial charge in [-0.1, -0.05) is 30.3 Å². The van der Waals surface area contributed by atoms with Crippen LogP contribution in [0.2, 0.25) is 0 Å². The lowest BCUT2D eigenvalue weighted by atomic mass is 10.2. The monoisotopic (exact) mass is 394 g/mol. The predicted octanol–water partition coefficient (Wildman–Crippen LogP) is 3.98. The number of rotatable bonds is 10. The fourth-order valence-electron chi connectivity index (χ4n) is 2.46. The first kappa shape index (κ1) is 22.4. The Balaban J connectivity index is 0.00000338. The third-order valence-electron chi connectivity index (χ3n) is 3.85. The molecule has 6 heteroatoms. The Hall–Kier alpha value is -1.69. The van der Waals surface area contributed by atoms with Crippen LogP contribution in [0.3, 0.4) is 0 Å². The van der Waals surface area contributed by atoms with Gasteiger partial charge in [0.2, 0.25) is 5.91 Å². The molecule has 4 nitrogen and oxygen atoms in total. The van der Waals surface area contributed by atoms with Gasteiger partial charge in [-0.3, -0.25) is 4.79 Å². The van der Waals surface area contributed by atoms with E-state index in [0.717, 1.165) is 28.4 Å². The highest BCUT2D eigenvalue weighted by atomic mass is 35.5. The van der Waals surface area contributed by atoms with Gasteiger partial charge < -0.3 is 15.4 Å². The van der Waals surface area contributed by atoms with Crippen molar-refractivity contribution in [1.82, 2.24) is 4.90 Å². The molecule has 0 aromatic heterocycles. The first-order valence-corrected chi connectivity index (χ1v) is 9.50. The predicted molar refractivity (Wildman–Crippen MR) is 111 cm³/mol. The van der Waals surface area contributed by atoms with Gasteiger partial charge in [0.1, 0.15) is 5.75 Å². The van der Waals surface area contributed by atoms with Crippen molar-refractivity contribution >= 4 is 30.1 Å². The number of hydrogen-bond donors (Lipinski definition) is 1. The van der Waals surface area contributed by atoms with Gasteiger partial charge in [0.25, 0.3) is 0 Å². The SMILES string of the molecule is COc1ccc(SCCC(=O)N(CCCN)Cc2ccccc2)cc1.Cl. The molecule has 0 fully saturated rings. The number of nitrogens with two attached hydrogens (primary N) is 1. The van der Waals surface area contributed by atoms with Crippen molar-refractivity contribution in [3.8, 4) is 5.75 Å². The minimum Gasteiger partial charge on any atom is -0.497 e. The molecule has 2 rings (SSSR count). The number of thioether (sulfide) groups is 1. The van der Waals surface area contributed by atoms with Crippen molar-refractivity contribution in [3.05, 3.63) is 60.2 Å². The minimum atomic E-state index is 0. The zero-order valence-corrected chi connectivity index (χ0v) is 16.7. The normalized spacial score (nSPS) is 10.1. The molecule has 0 saturated heterocycles. The van der Waals surface area contributed by atoms with Gasteiger partial charge in [0.05, 0.1) is 7.11 Å². The average Bonchev–Trinajstić information content (AvgIpc) is 2.66. The fraction of sp³-hybridized carbons (Fsp3) is 0.350. The molecule has 0 spiro atoms. The summed E-state index contributed by atoms with van der Waals surface area (Å²) in [6.45, 7) is 1.95. The Kier molecular flexibility index (Phi) is 10.9. The van der Waals surface area contributed by atoms with E-state index < -0.39 is 0 Å². The summed E-state index contributed by atoms with van der Waals surface area (Å²) in [4.78, 5) is 15.7. The molecule has 0 atom stereocenters. The van der Waals surface area contributed by atoms with Crippen molar-refractivity contribution in [3.63, 3.8) is 0 Å². The Labute approximate surface area is 166 Å². The third-order valence-corrected chi connectivity index (χ3v) is 4.86. The Morgan fingerprint density at radius 2 is 1.81 bits per heavy atom. The van der Waals surface area contributed by atoms with Crippen molar-refractivity contribution < 1.29 is 9.53 Å². The highest BCUT2D eigenvalue weighted by Gasteiger charge is 2.13. The van der Waals surface area contributed by atoms with E-state index in [-0.39, 0.29) is 18.3 Å². The summed E-state index contributed by atoms with van der Waals surface area (Å²) >= 11 is 1.69. The van der Waals surface area contributed by atoms with Crippen LogP contribution in [0.15, 0.2) is 59.5 Å². The molecule has 0 saturated carbocycles. The molecule has 26 heavy (non-hydrogen) atoms. The number of amides is 1. The van der Waals surface area contributed by atoms with Crippen molar-refractivity contribution in [1.29, 1.82) is 0 Å². The molecule has 2 aromatic rings. The first-order chi connectivity index (χ1) is 12.2. The summed E-state index contributed by atoms with van der Waals surface area (Å²) in [5, 5.41) is 0. The lowest BCUT2D eigenvalue weighted by Gasteiger charge is -2.22. The van der Waals surface area contributed by atoms with Gasteiger partial charge in [-0.05, 0) is 42.8 Å². The summed E-state index contributed by atoms with van der Waals surface area (Å²) < 4.78 is 5.16. The number of methoxy groups -OCH3 is 1. The number of halogens is 1. The van der Waals surface area contributed by atoms with Gasteiger partial charge in [0.15, 0.2) is 0 Å². The molecule has 0 aliphatic heterocycles. The van der Waals surface area contributed by atoms with Crippen LogP contribution in [0.1, 0.15) is 18.4 Å². The largest absolute Gasteiger partial charge is 0.497 e. The number of hydrogen-bond acceptors (Lipinski definition) is 4. The molecular weight excluding hydrogens is 368 g/mol. The molecule has 142 valence electrons. The number of carbonyl (C=O) groups is 1. The second kappa shape index (κ2) is 12.6. The van der Waals surface area contributed by atoms with Gasteiger partial charge in [0, 0.05) is 30.2 Å². The van der Waals surface area contributed by atoms with Gasteiger partial charge >= 0.3 is 0 Å². The standard InChI is InChI=1S/C20H26N2O2S.ClH/c1-24-18-8-10-19(11-9-18)25-15-12-20(23)22(14-5-13-21)16-17-6-3-2-4-7-17;/h2-4,6-11H,5,12-16,21H2,1H3;1H. The molecule has 0 bridgehead atoms. The lowest BCUT2D eigenvalue weighted by molar-refractivity contribution is -0.131. The minimum absolute atomic E-state index is 0. The molecule has 2 aromatic carbocycles. The van der Waals surface area contributed by atoms with Crippen molar-refractivity contribution in [2.24, 2.45) is 5.73 Å². The van der Waals surface area contributed by atoms with E-state index in [1.54, 1.807) is 18.9 Å². The Morgan fingerprint density at radius 1 is 1.12 bits per heavy atom. The van der Waals surface area contributed by atoms with E-state index in [1.807, 2.05) is 47.4 Å². The third kappa shape index (κ3) is 7.68. The van der Waals surface area contributed by atoms with Crippen LogP contribution in [-0.2, 0) is 11.3 Å². The Bertz CT molecular complexity index is 638. The molecule has 1 amide bonds. The van der Waals surface area contributed by atoms with E-state index >= 15 is 0 Å². The smallest absolute Gasteiger partial charge is 0.223 e. The van der Waals surface area contributed by atoms with Crippen LogP contribution < -0.4 is 10.5 Å². The van der Waals surface area contributed by atoms with Crippen LogP contribution in [0.4, 0.5) is 0 Å². The van der Waals surface area contributed by atoms with Crippen LogP contribution in [0.5, 0.6) is 5.75 Å². The number of carbonyl (C=O) groups excluding carboxylic acids is 1. The fourth-order valence-corrected chi connectivity index (χ4v) is 3.31. The zero-order valence-electron chi connectivity index (χ0n) is 15.1. The summed E-state index contributed by atoms with van der Waals surface area (Å²) in [5.41, 5.74) is 6.77. The number of nitrogens with zero attached hydrogens (tertiary/aromatic N) is 1. The molecular formula is C20H27ClN2O2S. The molecule has 0 aliphatic carbocycles. The maximum Gasteiger partial charge on any atom is 0.223 e. The van der Waals surface area contributed by atoms with Crippen LogP contribution in [0, 0.1) is 0 Å². The Morgan fingerprint density at radius 3 is 2.42 bits per heavy atom. The van der Waals surface area contributed by atoms with Gasteiger partial charge in [-0.25, -0.2) is 0 Å². The van der Waals surface area contributed by atoms with Crippen LogP contribution in [0.25, 0.3) is 0 Å². The molecule has 0 radical (unpaired) electrons. The average molecular weight is 395 g/mol. The highest BCUT2D eigenvalue weighted by molar-refractivity contribution is 7.99. The molecule has 0 aliphatic rings. The van der Waals surface area contributed by atoms with Crippen LogP contribution >= 0.6 is 24.2 Å². The maximum atomic E-state index is 12.6. The van der Waals surface area contributed by atoms with E-state index in [0.29, 0.717) is 26.1 Å². The van der Waals surface area contributed by atoms with Crippen LogP contribution in [-0.4, -0.2) is 36.8 Å². The summed E-state index contributed by atoms with van der Waals surface area (Å²) in [6, 6.07) is 18.0. The first-order valence-electron chi connectivity index (χ1n) is 8.51. The summed E-state index contributed by atoms with van der Waals surface area (Å²) in [7, 11) is 1.66. The second-order valence-corrected chi connectivity index (χ2v) is 6.89. The molecule has 2 N–H and O–H groups in total. The molecule has 0 heterocycles. The van der Waals surface area contributed by atoms with E-state index in [9.17, 15) is 4.79 Å². The lowest BCUT2D eigenvalue weighted by Crippen LogP contribution is -2.32. The van der Waals surface area contributed by atoms with Crippen molar-refractivity contribution in [2.45, 2.75) is 24.3 Å². The highest BCUT2D eigenvalue weighted by Crippen LogP contribution is 2.22. The quantitative estimate of drug-likeness (QED) is 0.619. The topological polar surface area (TPSA) is 55.6 Å². The zero-order chi connectivity index (χ0) is 17.9. The van der Waals surface area contributed by atoms with Gasteiger partial charge in [-0.2, -0.15) is 0 Å². The summed E-state index contributed by atoms with van der Waals surface area (Å²) in [5.74, 6) is 1.79. The van der Waals surface area contributed by atoms with Gasteiger partial charge in [-0.15, -0.1) is 24.2 Å². The maximum absolute atomic E-state index is 12.6. The van der Waals surface area contributed by atoms with E-state index in [4.69, 9.17) is 10.5 Å². The second-order valence-electron chi connectivity index (χ2n) is 5.72. The number of ether oxygens (including phenoxy) is 1. The van der Waals surface area contributed by atoms with Crippen molar-refractivity contribution in [2.75, 3.05) is 26.0 Å². The van der Waals surface area contributed by atoms with E-state index in [1.165, 1.54) is 0 Å². The van der Waals surface area contributed by atoms with E-state index in [2.05, 4.69) is 12.1 Å².